The summed E-state index contributed by atoms with van der Waals surface area (Å²) in [5.74, 6) is 0. The predicted molar refractivity (Wildman–Crippen MR) is 90.5 cm³/mol. The smallest absolute Gasteiger partial charge is 0.410 e. The predicted octanol–water partition coefficient (Wildman–Crippen LogP) is 2.60. The van der Waals surface area contributed by atoms with E-state index in [1.165, 1.54) is 0 Å². The first-order valence-electron chi connectivity index (χ1n) is 7.85. The Morgan fingerprint density at radius 2 is 2.13 bits per heavy atom. The number of aromatic nitrogens is 2. The number of amides is 1. The Bertz CT molecular complexity index is 673. The second kappa shape index (κ2) is 7.00. The Hall–Kier alpha value is -2.08. The first-order chi connectivity index (χ1) is 10.8. The number of fused-ring (bicyclic) bond motifs is 1. The van der Waals surface area contributed by atoms with Crippen LogP contribution in [0.3, 0.4) is 0 Å². The highest BCUT2D eigenvalue weighted by atomic mass is 16.6. The maximum absolute atomic E-state index is 11.9. The van der Waals surface area contributed by atoms with Crippen molar-refractivity contribution in [3.8, 4) is 0 Å². The van der Waals surface area contributed by atoms with Crippen LogP contribution in [-0.2, 0) is 11.3 Å². The van der Waals surface area contributed by atoms with E-state index in [-0.39, 0.29) is 6.09 Å². The number of carbonyl (C=O) groups excluding carboxylic acids is 1. The molecule has 2 rings (SSSR count). The minimum absolute atomic E-state index is 0.301. The minimum atomic E-state index is -0.466. The molecule has 1 amide bonds. The summed E-state index contributed by atoms with van der Waals surface area (Å²) in [6.45, 7) is 9.59. The zero-order valence-electron chi connectivity index (χ0n) is 14.6. The average Bonchev–Trinajstić information content (AvgIpc) is 2.77. The maximum Gasteiger partial charge on any atom is 0.410 e. The number of hydrogen-bond acceptors (Lipinski definition) is 4. The van der Waals surface area contributed by atoms with E-state index in [2.05, 4.69) is 14.7 Å². The van der Waals surface area contributed by atoms with Gasteiger partial charge in [-0.1, -0.05) is 6.07 Å². The van der Waals surface area contributed by atoms with Crippen molar-refractivity contribution in [2.24, 2.45) is 0 Å². The first-order valence-corrected chi connectivity index (χ1v) is 7.85. The van der Waals surface area contributed by atoms with Gasteiger partial charge < -0.3 is 19.4 Å². The summed E-state index contributed by atoms with van der Waals surface area (Å²) >= 11 is 0. The molecule has 0 unspecified atom stereocenters. The second-order valence-electron chi connectivity index (χ2n) is 6.65. The van der Waals surface area contributed by atoms with Crippen molar-refractivity contribution >= 4 is 11.7 Å². The lowest BCUT2D eigenvalue weighted by molar-refractivity contribution is 0.0300. The van der Waals surface area contributed by atoms with Crippen LogP contribution in [0.2, 0.25) is 0 Å². The van der Waals surface area contributed by atoms with Gasteiger partial charge in [0, 0.05) is 32.9 Å². The minimum Gasteiger partial charge on any atom is -0.444 e. The van der Waals surface area contributed by atoms with Crippen LogP contribution in [0.4, 0.5) is 4.79 Å². The fourth-order valence-corrected chi connectivity index (χ4v) is 2.26. The second-order valence-corrected chi connectivity index (χ2v) is 6.65. The Labute approximate surface area is 137 Å². The number of imidazole rings is 1. The molecule has 0 aliphatic rings. The van der Waals surface area contributed by atoms with Crippen molar-refractivity contribution in [2.75, 3.05) is 20.1 Å². The van der Waals surface area contributed by atoms with Gasteiger partial charge in [-0.15, -0.1) is 0 Å². The number of hydrogen-bond donors (Lipinski definition) is 1. The number of nitrogens with zero attached hydrogens (tertiary/aromatic N) is 3. The van der Waals surface area contributed by atoms with Crippen LogP contribution in [0, 0.1) is 6.92 Å². The van der Waals surface area contributed by atoms with Gasteiger partial charge >= 0.3 is 6.09 Å². The quantitative estimate of drug-likeness (QED) is 0.861. The van der Waals surface area contributed by atoms with Gasteiger partial charge in [0.05, 0.1) is 11.4 Å². The molecular formula is C17H26N4O2. The van der Waals surface area contributed by atoms with E-state index in [1.54, 1.807) is 11.9 Å². The third-order valence-corrected chi connectivity index (χ3v) is 3.45. The van der Waals surface area contributed by atoms with Gasteiger partial charge in [0.15, 0.2) is 0 Å². The molecule has 0 saturated carbocycles. The van der Waals surface area contributed by atoms with Gasteiger partial charge in [0.2, 0.25) is 0 Å². The van der Waals surface area contributed by atoms with Crippen LogP contribution in [-0.4, -0.2) is 46.1 Å². The van der Waals surface area contributed by atoms with Crippen LogP contribution in [0.1, 0.15) is 32.2 Å². The van der Waals surface area contributed by atoms with E-state index >= 15 is 0 Å². The molecule has 0 atom stereocenters. The molecule has 0 spiro atoms. The number of nitrogens with one attached hydrogen (secondary N) is 1. The lowest BCUT2D eigenvalue weighted by Gasteiger charge is -2.24. The number of likely N-dealkylation sites (N-methyl/N-ethyl adjacent to an activating group) is 1. The molecule has 0 saturated heterocycles. The molecule has 2 aromatic heterocycles. The highest BCUT2D eigenvalue weighted by Gasteiger charge is 2.19. The number of carbonyl (C=O) groups is 1. The standard InChI is InChI=1S/C17H26N4O2/c1-13-14(21-10-7-6-8-15(21)19-13)12-18-9-11-20(5)16(22)23-17(2,3)4/h6-8,10,18H,9,11-12H2,1-5H3. The van der Waals surface area contributed by atoms with E-state index in [0.29, 0.717) is 19.6 Å². The van der Waals surface area contributed by atoms with Gasteiger partial charge in [-0.3, -0.25) is 0 Å². The molecule has 0 bridgehead atoms. The van der Waals surface area contributed by atoms with E-state index in [9.17, 15) is 4.79 Å². The molecule has 6 nitrogen and oxygen atoms in total. The van der Waals surface area contributed by atoms with Crippen molar-refractivity contribution in [1.82, 2.24) is 19.6 Å². The van der Waals surface area contributed by atoms with Gasteiger partial charge in [-0.05, 0) is 39.8 Å². The summed E-state index contributed by atoms with van der Waals surface area (Å²) in [5.41, 5.74) is 2.64. The van der Waals surface area contributed by atoms with Crippen LogP contribution in [0.5, 0.6) is 0 Å². The van der Waals surface area contributed by atoms with Crippen molar-refractivity contribution in [3.63, 3.8) is 0 Å². The molecule has 6 heteroatoms. The largest absolute Gasteiger partial charge is 0.444 e. The Balaban J connectivity index is 1.83. The molecule has 23 heavy (non-hydrogen) atoms. The Morgan fingerprint density at radius 1 is 1.39 bits per heavy atom. The number of ether oxygens (including phenoxy) is 1. The van der Waals surface area contributed by atoms with Crippen molar-refractivity contribution in [3.05, 3.63) is 35.8 Å². The van der Waals surface area contributed by atoms with Gasteiger partial charge in [-0.25, -0.2) is 9.78 Å². The third-order valence-electron chi connectivity index (χ3n) is 3.45. The average molecular weight is 318 g/mol. The van der Waals surface area contributed by atoms with E-state index in [4.69, 9.17) is 4.74 Å². The van der Waals surface area contributed by atoms with Crippen molar-refractivity contribution in [1.29, 1.82) is 0 Å². The summed E-state index contributed by atoms with van der Waals surface area (Å²) in [6, 6.07) is 5.97. The monoisotopic (exact) mass is 318 g/mol. The molecule has 0 radical (unpaired) electrons. The van der Waals surface area contributed by atoms with Gasteiger partial charge in [0.25, 0.3) is 0 Å². The van der Waals surface area contributed by atoms with Crippen molar-refractivity contribution in [2.45, 2.75) is 39.8 Å². The molecule has 126 valence electrons. The summed E-state index contributed by atoms with van der Waals surface area (Å²) in [4.78, 5) is 18.0. The number of pyridine rings is 1. The zero-order valence-corrected chi connectivity index (χ0v) is 14.6. The lowest BCUT2D eigenvalue weighted by atomic mass is 10.2. The van der Waals surface area contributed by atoms with Crippen LogP contribution in [0.25, 0.3) is 5.65 Å². The molecular weight excluding hydrogens is 292 g/mol. The fourth-order valence-electron chi connectivity index (χ4n) is 2.26. The summed E-state index contributed by atoms with van der Waals surface area (Å²) < 4.78 is 7.41. The molecule has 0 aliphatic carbocycles. The summed E-state index contributed by atoms with van der Waals surface area (Å²) in [6.07, 6.45) is 1.71. The molecule has 2 heterocycles. The molecule has 2 aromatic rings. The Kier molecular flexibility index (Phi) is 5.26. The van der Waals surface area contributed by atoms with Crippen LogP contribution in [0.15, 0.2) is 24.4 Å². The zero-order chi connectivity index (χ0) is 17.0. The fraction of sp³-hybridized carbons (Fsp3) is 0.529. The van der Waals surface area contributed by atoms with E-state index in [1.807, 2.05) is 52.1 Å². The van der Waals surface area contributed by atoms with E-state index < -0.39 is 5.60 Å². The van der Waals surface area contributed by atoms with Crippen molar-refractivity contribution < 1.29 is 9.53 Å². The number of rotatable bonds is 5. The third kappa shape index (κ3) is 4.69. The summed E-state index contributed by atoms with van der Waals surface area (Å²) in [5, 5.41) is 3.36. The summed E-state index contributed by atoms with van der Waals surface area (Å²) in [7, 11) is 1.75. The maximum atomic E-state index is 11.9. The van der Waals surface area contributed by atoms with E-state index in [0.717, 1.165) is 17.0 Å². The van der Waals surface area contributed by atoms with Gasteiger partial charge in [0.1, 0.15) is 11.2 Å². The lowest BCUT2D eigenvalue weighted by Crippen LogP contribution is -2.38. The molecule has 0 aromatic carbocycles. The molecule has 0 fully saturated rings. The van der Waals surface area contributed by atoms with Gasteiger partial charge in [-0.2, -0.15) is 0 Å². The molecule has 0 aliphatic heterocycles. The number of aryl methyl sites for hydroxylation is 1. The SMILES string of the molecule is Cc1nc2ccccn2c1CNCCN(C)C(=O)OC(C)(C)C. The van der Waals surface area contributed by atoms with Crippen LogP contribution < -0.4 is 5.32 Å². The highest BCUT2D eigenvalue weighted by molar-refractivity contribution is 5.67. The topological polar surface area (TPSA) is 58.9 Å². The first kappa shape index (κ1) is 17.3. The van der Waals surface area contributed by atoms with Crippen LogP contribution >= 0.6 is 0 Å². The normalized spacial score (nSPS) is 11.7. The molecule has 1 N–H and O–H groups in total. The highest BCUT2D eigenvalue weighted by Crippen LogP contribution is 2.11. The Morgan fingerprint density at radius 3 is 2.83 bits per heavy atom.